The third kappa shape index (κ3) is 6.52. The molecule has 8 heteroatoms. The summed E-state index contributed by atoms with van der Waals surface area (Å²) in [6, 6.07) is 16.8. The van der Waals surface area contributed by atoms with Crippen LogP contribution < -0.4 is 9.47 Å². The molecule has 3 aliphatic rings. The SMILES string of the molecule is CCn1nc(Cc2ccc3c(c2)OCO3)cc1C1CCN(C[C@H]2CN([C@@H](C(=O)O)C(C)(C)C)C[C@@H]2c2cccc(C)c2)CC1. The van der Waals surface area contributed by atoms with Crippen molar-refractivity contribution in [1.82, 2.24) is 19.6 Å². The fourth-order valence-corrected chi connectivity index (χ4v) is 7.81. The highest BCUT2D eigenvalue weighted by atomic mass is 16.7. The molecule has 2 saturated heterocycles. The van der Waals surface area contributed by atoms with Gasteiger partial charge in [0.05, 0.1) is 5.69 Å². The summed E-state index contributed by atoms with van der Waals surface area (Å²) in [7, 11) is 0. The normalized spacial score (nSPS) is 22.0. The standard InChI is InChI=1S/C36H48N4O4/c1-6-40-31(19-29(37-40)17-25-10-11-32-33(18-25)44-23-43-32)26-12-14-38(15-13-26)20-28-21-39(34(35(41)42)36(3,4)5)22-30(28)27-9-7-8-24(2)16-27/h7-11,16,18-19,26,28,30,34H,6,12-15,17,20-23H2,1-5H3,(H,41,42)/t28-,30+,34-/m0/s1. The topological polar surface area (TPSA) is 80.1 Å². The molecule has 1 aromatic heterocycles. The van der Waals surface area contributed by atoms with Gasteiger partial charge in [0.25, 0.3) is 0 Å². The van der Waals surface area contributed by atoms with Crippen LogP contribution in [0.4, 0.5) is 0 Å². The van der Waals surface area contributed by atoms with Gasteiger partial charge in [-0.25, -0.2) is 0 Å². The highest BCUT2D eigenvalue weighted by Crippen LogP contribution is 2.39. The van der Waals surface area contributed by atoms with E-state index in [1.54, 1.807) is 0 Å². The van der Waals surface area contributed by atoms with Gasteiger partial charge in [-0.15, -0.1) is 0 Å². The summed E-state index contributed by atoms with van der Waals surface area (Å²) in [5.74, 6) is 2.13. The van der Waals surface area contributed by atoms with E-state index in [1.165, 1.54) is 22.4 Å². The Bertz CT molecular complexity index is 1470. The number of carboxylic acid groups (broad SMARTS) is 1. The van der Waals surface area contributed by atoms with Gasteiger partial charge in [-0.2, -0.15) is 5.10 Å². The Morgan fingerprint density at radius 3 is 2.52 bits per heavy atom. The van der Waals surface area contributed by atoms with Crippen molar-refractivity contribution in [2.45, 2.75) is 78.3 Å². The van der Waals surface area contributed by atoms with Crippen molar-refractivity contribution in [3.05, 3.63) is 76.6 Å². The zero-order valence-electron chi connectivity index (χ0n) is 27.0. The van der Waals surface area contributed by atoms with Gasteiger partial charge in [-0.05, 0) is 80.4 Å². The van der Waals surface area contributed by atoms with Crippen molar-refractivity contribution in [3.8, 4) is 11.5 Å². The van der Waals surface area contributed by atoms with Gasteiger partial charge in [0.15, 0.2) is 11.5 Å². The second kappa shape index (κ2) is 12.6. The minimum absolute atomic E-state index is 0.289. The van der Waals surface area contributed by atoms with E-state index in [1.807, 2.05) is 26.8 Å². The first-order valence-corrected chi connectivity index (χ1v) is 16.3. The summed E-state index contributed by atoms with van der Waals surface area (Å²) in [6.45, 7) is 16.3. The zero-order valence-corrected chi connectivity index (χ0v) is 27.0. The number of likely N-dealkylation sites (tertiary alicyclic amines) is 2. The highest BCUT2D eigenvalue weighted by Gasteiger charge is 2.44. The first-order chi connectivity index (χ1) is 21.1. The van der Waals surface area contributed by atoms with Crippen LogP contribution in [-0.4, -0.2) is 76.2 Å². The molecular formula is C36H48N4O4. The molecule has 0 aliphatic carbocycles. The fraction of sp³-hybridized carbons (Fsp3) is 0.556. The maximum Gasteiger partial charge on any atom is 0.321 e. The number of piperidine rings is 1. The molecule has 3 aromatic rings. The van der Waals surface area contributed by atoms with Crippen molar-refractivity contribution >= 4 is 5.97 Å². The van der Waals surface area contributed by atoms with Crippen LogP contribution in [0.15, 0.2) is 48.5 Å². The smallest absolute Gasteiger partial charge is 0.321 e. The Labute approximate surface area is 262 Å². The van der Waals surface area contributed by atoms with E-state index in [4.69, 9.17) is 14.6 Å². The van der Waals surface area contributed by atoms with Crippen molar-refractivity contribution in [2.75, 3.05) is 39.5 Å². The Kier molecular flexibility index (Phi) is 8.75. The molecule has 3 atom stereocenters. The molecular weight excluding hydrogens is 552 g/mol. The summed E-state index contributed by atoms with van der Waals surface area (Å²) < 4.78 is 13.2. The van der Waals surface area contributed by atoms with Crippen LogP contribution in [-0.2, 0) is 17.8 Å². The predicted molar refractivity (Wildman–Crippen MR) is 172 cm³/mol. The van der Waals surface area contributed by atoms with Crippen LogP contribution in [0.25, 0.3) is 0 Å². The van der Waals surface area contributed by atoms with Crippen LogP contribution in [0, 0.1) is 18.3 Å². The molecule has 6 rings (SSSR count). The zero-order chi connectivity index (χ0) is 31.0. The van der Waals surface area contributed by atoms with E-state index >= 15 is 0 Å². The number of ether oxygens (including phenoxy) is 2. The number of aromatic nitrogens is 2. The molecule has 2 fully saturated rings. The number of nitrogens with zero attached hydrogens (tertiary/aromatic N) is 4. The molecule has 0 unspecified atom stereocenters. The Morgan fingerprint density at radius 2 is 1.82 bits per heavy atom. The third-order valence-electron chi connectivity index (χ3n) is 9.84. The minimum atomic E-state index is -0.715. The molecule has 3 aliphatic heterocycles. The maximum atomic E-state index is 12.4. The van der Waals surface area contributed by atoms with Gasteiger partial charge in [-0.1, -0.05) is 56.7 Å². The number of hydrogen-bond donors (Lipinski definition) is 1. The lowest BCUT2D eigenvalue weighted by atomic mass is 9.85. The van der Waals surface area contributed by atoms with Crippen LogP contribution in [0.1, 0.15) is 80.5 Å². The highest BCUT2D eigenvalue weighted by molar-refractivity contribution is 5.74. The molecule has 0 radical (unpaired) electrons. The summed E-state index contributed by atoms with van der Waals surface area (Å²) in [4.78, 5) is 17.3. The lowest BCUT2D eigenvalue weighted by Gasteiger charge is -2.36. The average Bonchev–Trinajstić information content (AvgIpc) is 3.71. The van der Waals surface area contributed by atoms with Crippen molar-refractivity contribution in [2.24, 2.45) is 11.3 Å². The van der Waals surface area contributed by atoms with Crippen LogP contribution in [0.3, 0.4) is 0 Å². The van der Waals surface area contributed by atoms with Gasteiger partial charge in [0.1, 0.15) is 6.04 Å². The third-order valence-corrected chi connectivity index (χ3v) is 9.84. The molecule has 0 saturated carbocycles. The van der Waals surface area contributed by atoms with Crippen molar-refractivity contribution < 1.29 is 19.4 Å². The molecule has 0 spiro atoms. The van der Waals surface area contributed by atoms with Gasteiger partial charge in [0, 0.05) is 50.1 Å². The van der Waals surface area contributed by atoms with E-state index in [2.05, 4.69) is 70.8 Å². The first kappa shape index (κ1) is 30.7. The number of aryl methyl sites for hydroxylation is 2. The molecule has 8 nitrogen and oxygen atoms in total. The molecule has 0 bridgehead atoms. The van der Waals surface area contributed by atoms with Gasteiger partial charge < -0.3 is 19.5 Å². The lowest BCUT2D eigenvalue weighted by molar-refractivity contribution is -0.147. The Balaban J connectivity index is 1.12. The summed E-state index contributed by atoms with van der Waals surface area (Å²) >= 11 is 0. The largest absolute Gasteiger partial charge is 0.480 e. The lowest BCUT2D eigenvalue weighted by Crippen LogP contribution is -2.48. The number of carboxylic acids is 1. The van der Waals surface area contributed by atoms with Crippen molar-refractivity contribution in [3.63, 3.8) is 0 Å². The number of carbonyl (C=O) groups is 1. The molecule has 44 heavy (non-hydrogen) atoms. The predicted octanol–water partition coefficient (Wildman–Crippen LogP) is 5.93. The number of benzene rings is 2. The monoisotopic (exact) mass is 600 g/mol. The quantitative estimate of drug-likeness (QED) is 0.326. The molecule has 1 N–H and O–H groups in total. The summed E-state index contributed by atoms with van der Waals surface area (Å²) in [5.41, 5.74) is 5.90. The number of aliphatic carboxylic acids is 1. The Hall–Kier alpha value is -3.36. The van der Waals surface area contributed by atoms with E-state index in [-0.39, 0.29) is 12.2 Å². The fourth-order valence-electron chi connectivity index (χ4n) is 7.81. The summed E-state index contributed by atoms with van der Waals surface area (Å²) in [5, 5.41) is 15.2. The van der Waals surface area contributed by atoms with Crippen LogP contribution >= 0.6 is 0 Å². The number of hydrogen-bond acceptors (Lipinski definition) is 6. The van der Waals surface area contributed by atoms with E-state index < -0.39 is 12.0 Å². The van der Waals surface area contributed by atoms with E-state index in [0.717, 1.165) is 75.7 Å². The van der Waals surface area contributed by atoms with Gasteiger partial charge in [0.2, 0.25) is 6.79 Å². The van der Waals surface area contributed by atoms with E-state index in [9.17, 15) is 9.90 Å². The Morgan fingerprint density at radius 1 is 1.05 bits per heavy atom. The second-order valence-corrected chi connectivity index (χ2v) is 14.2. The second-order valence-electron chi connectivity index (χ2n) is 14.2. The molecule has 4 heterocycles. The van der Waals surface area contributed by atoms with Crippen LogP contribution in [0.2, 0.25) is 0 Å². The number of fused-ring (bicyclic) bond motifs is 1. The maximum absolute atomic E-state index is 12.4. The molecule has 2 aromatic carbocycles. The minimum Gasteiger partial charge on any atom is -0.480 e. The van der Waals surface area contributed by atoms with Crippen molar-refractivity contribution in [1.29, 1.82) is 0 Å². The molecule has 236 valence electrons. The number of rotatable bonds is 9. The van der Waals surface area contributed by atoms with Crippen LogP contribution in [0.5, 0.6) is 11.5 Å². The summed E-state index contributed by atoms with van der Waals surface area (Å²) in [6.07, 6.45) is 3.00. The van der Waals surface area contributed by atoms with Gasteiger partial charge in [-0.3, -0.25) is 14.4 Å². The first-order valence-electron chi connectivity index (χ1n) is 16.3. The average molecular weight is 601 g/mol. The molecule has 0 amide bonds. The van der Waals surface area contributed by atoms with Gasteiger partial charge >= 0.3 is 5.97 Å². The van der Waals surface area contributed by atoms with E-state index in [0.29, 0.717) is 17.8 Å².